The fraction of sp³-hybridized carbons (Fsp3) is 0.421. The van der Waals surface area contributed by atoms with Crippen molar-refractivity contribution in [2.75, 3.05) is 31.6 Å². The molecule has 2 amide bonds. The topological polar surface area (TPSA) is 66.9 Å². The summed E-state index contributed by atoms with van der Waals surface area (Å²) in [5.41, 5.74) is 3.42. The molecule has 0 aromatic heterocycles. The van der Waals surface area contributed by atoms with Crippen molar-refractivity contribution in [3.8, 4) is 0 Å². The van der Waals surface area contributed by atoms with Crippen molar-refractivity contribution in [1.82, 2.24) is 4.90 Å². The summed E-state index contributed by atoms with van der Waals surface area (Å²) >= 11 is 0. The van der Waals surface area contributed by atoms with Gasteiger partial charge in [0.1, 0.15) is 0 Å². The Bertz CT molecular complexity index is 726. The lowest BCUT2D eigenvalue weighted by molar-refractivity contribution is -0.151. The molecule has 2 aliphatic heterocycles. The summed E-state index contributed by atoms with van der Waals surface area (Å²) in [5, 5.41) is 0. The Morgan fingerprint density at radius 3 is 2.76 bits per heavy atom. The SMILES string of the molecule is CN1CCCc2cc(/C=C\C(=O)OCC(=O)N3CCCC3=O)ccc21. The Kier molecular flexibility index (Phi) is 5.16. The highest BCUT2D eigenvalue weighted by Crippen LogP contribution is 2.27. The number of hydrogen-bond donors (Lipinski definition) is 0. The molecule has 0 radical (unpaired) electrons. The normalized spacial score (nSPS) is 17.1. The molecule has 0 atom stereocenters. The lowest BCUT2D eigenvalue weighted by Crippen LogP contribution is -2.35. The van der Waals surface area contributed by atoms with Gasteiger partial charge in [0, 0.05) is 38.3 Å². The molecule has 1 aromatic carbocycles. The maximum absolute atomic E-state index is 11.8. The second kappa shape index (κ2) is 7.51. The van der Waals surface area contributed by atoms with Crippen LogP contribution < -0.4 is 4.90 Å². The number of carbonyl (C=O) groups is 3. The third kappa shape index (κ3) is 4.07. The quantitative estimate of drug-likeness (QED) is 0.616. The third-order valence-corrected chi connectivity index (χ3v) is 4.58. The van der Waals surface area contributed by atoms with Gasteiger partial charge >= 0.3 is 5.97 Å². The fourth-order valence-corrected chi connectivity index (χ4v) is 3.24. The molecule has 6 heteroatoms. The van der Waals surface area contributed by atoms with Crippen molar-refractivity contribution in [3.63, 3.8) is 0 Å². The Morgan fingerprint density at radius 2 is 2.00 bits per heavy atom. The number of anilines is 1. The van der Waals surface area contributed by atoms with Crippen LogP contribution in [0.1, 0.15) is 30.4 Å². The number of aryl methyl sites for hydroxylation is 1. The summed E-state index contributed by atoms with van der Waals surface area (Å²) in [4.78, 5) is 38.4. The second-order valence-corrected chi connectivity index (χ2v) is 6.40. The minimum atomic E-state index is -0.588. The molecule has 2 heterocycles. The summed E-state index contributed by atoms with van der Waals surface area (Å²) in [5.74, 6) is -1.24. The molecule has 25 heavy (non-hydrogen) atoms. The average molecular weight is 342 g/mol. The van der Waals surface area contributed by atoms with Gasteiger partial charge in [-0.25, -0.2) is 4.79 Å². The zero-order chi connectivity index (χ0) is 17.8. The van der Waals surface area contributed by atoms with Crippen molar-refractivity contribution < 1.29 is 19.1 Å². The van der Waals surface area contributed by atoms with Crippen LogP contribution in [0, 0.1) is 0 Å². The Hall–Kier alpha value is -2.63. The number of amides is 2. The molecular formula is C19H22N2O4. The number of ether oxygens (including phenoxy) is 1. The van der Waals surface area contributed by atoms with Crippen LogP contribution in [0.4, 0.5) is 5.69 Å². The van der Waals surface area contributed by atoms with Crippen LogP contribution >= 0.6 is 0 Å². The van der Waals surface area contributed by atoms with E-state index in [4.69, 9.17) is 4.74 Å². The minimum Gasteiger partial charge on any atom is -0.452 e. The predicted octanol–water partition coefficient (Wildman–Crippen LogP) is 1.77. The van der Waals surface area contributed by atoms with E-state index in [2.05, 4.69) is 24.1 Å². The highest BCUT2D eigenvalue weighted by molar-refractivity contribution is 5.98. The lowest BCUT2D eigenvalue weighted by atomic mass is 9.99. The number of fused-ring (bicyclic) bond motifs is 1. The molecule has 3 rings (SSSR count). The standard InChI is InChI=1S/C19H22N2O4/c1-20-10-2-4-15-12-14(6-8-16(15)20)7-9-19(24)25-13-18(23)21-11-3-5-17(21)22/h6-9,12H,2-5,10-11,13H2,1H3/b9-7-. The number of likely N-dealkylation sites (tertiary alicyclic amines) is 1. The Labute approximate surface area is 147 Å². The average Bonchev–Trinajstić information content (AvgIpc) is 3.04. The van der Waals surface area contributed by atoms with E-state index in [1.807, 2.05) is 6.07 Å². The summed E-state index contributed by atoms with van der Waals surface area (Å²) < 4.78 is 4.94. The van der Waals surface area contributed by atoms with E-state index < -0.39 is 18.5 Å². The number of carbonyl (C=O) groups excluding carboxylic acids is 3. The maximum atomic E-state index is 11.8. The molecule has 1 saturated heterocycles. The largest absolute Gasteiger partial charge is 0.452 e. The predicted molar refractivity (Wildman–Crippen MR) is 94.0 cm³/mol. The van der Waals surface area contributed by atoms with Gasteiger partial charge in [0.15, 0.2) is 6.61 Å². The van der Waals surface area contributed by atoms with Crippen LogP contribution in [-0.4, -0.2) is 49.4 Å². The van der Waals surface area contributed by atoms with Crippen LogP contribution in [0.15, 0.2) is 24.3 Å². The lowest BCUT2D eigenvalue weighted by Gasteiger charge is -2.27. The smallest absolute Gasteiger partial charge is 0.331 e. The summed E-state index contributed by atoms with van der Waals surface area (Å²) in [7, 11) is 2.08. The first-order valence-electron chi connectivity index (χ1n) is 8.57. The van der Waals surface area contributed by atoms with Gasteiger partial charge in [0.25, 0.3) is 5.91 Å². The number of benzene rings is 1. The van der Waals surface area contributed by atoms with Crippen molar-refractivity contribution in [1.29, 1.82) is 0 Å². The van der Waals surface area contributed by atoms with Gasteiger partial charge < -0.3 is 9.64 Å². The van der Waals surface area contributed by atoms with E-state index >= 15 is 0 Å². The van der Waals surface area contributed by atoms with Crippen molar-refractivity contribution in [3.05, 3.63) is 35.4 Å². The summed E-state index contributed by atoms with van der Waals surface area (Å²) in [6.45, 7) is 1.07. The summed E-state index contributed by atoms with van der Waals surface area (Å²) in [6, 6.07) is 6.09. The number of imide groups is 1. The highest BCUT2D eigenvalue weighted by Gasteiger charge is 2.26. The van der Waals surface area contributed by atoms with E-state index in [1.165, 1.54) is 17.3 Å². The molecular weight excluding hydrogens is 320 g/mol. The highest BCUT2D eigenvalue weighted by atomic mass is 16.5. The summed E-state index contributed by atoms with van der Waals surface area (Å²) in [6.07, 6.45) is 6.20. The van der Waals surface area contributed by atoms with Gasteiger partial charge in [-0.15, -0.1) is 0 Å². The number of esters is 1. The van der Waals surface area contributed by atoms with Gasteiger partial charge in [0.2, 0.25) is 5.91 Å². The van der Waals surface area contributed by atoms with Crippen molar-refractivity contribution in [2.24, 2.45) is 0 Å². The van der Waals surface area contributed by atoms with Gasteiger partial charge in [-0.05, 0) is 48.6 Å². The van der Waals surface area contributed by atoms with Gasteiger partial charge in [-0.2, -0.15) is 0 Å². The molecule has 132 valence electrons. The number of hydrogen-bond acceptors (Lipinski definition) is 5. The first kappa shape index (κ1) is 17.2. The zero-order valence-electron chi connectivity index (χ0n) is 14.4. The van der Waals surface area contributed by atoms with Crippen molar-refractivity contribution in [2.45, 2.75) is 25.7 Å². The van der Waals surface area contributed by atoms with Crippen LogP contribution in [0.25, 0.3) is 6.08 Å². The Balaban J connectivity index is 1.54. The molecule has 1 aromatic rings. The van der Waals surface area contributed by atoms with Gasteiger partial charge in [-0.1, -0.05) is 6.07 Å². The first-order chi connectivity index (χ1) is 12.0. The second-order valence-electron chi connectivity index (χ2n) is 6.40. The van der Waals surface area contributed by atoms with Crippen LogP contribution in [0.3, 0.4) is 0 Å². The maximum Gasteiger partial charge on any atom is 0.331 e. The van der Waals surface area contributed by atoms with E-state index in [1.54, 1.807) is 6.08 Å². The van der Waals surface area contributed by atoms with E-state index in [0.29, 0.717) is 19.4 Å². The zero-order valence-corrected chi connectivity index (χ0v) is 14.4. The van der Waals surface area contributed by atoms with Crippen LogP contribution in [-0.2, 0) is 25.5 Å². The molecule has 0 N–H and O–H groups in total. The third-order valence-electron chi connectivity index (χ3n) is 4.58. The van der Waals surface area contributed by atoms with Crippen LogP contribution in [0.2, 0.25) is 0 Å². The Morgan fingerprint density at radius 1 is 1.20 bits per heavy atom. The molecule has 1 fully saturated rings. The molecule has 0 bridgehead atoms. The molecule has 6 nitrogen and oxygen atoms in total. The van der Waals surface area contributed by atoms with E-state index in [9.17, 15) is 14.4 Å². The van der Waals surface area contributed by atoms with Crippen molar-refractivity contribution >= 4 is 29.5 Å². The number of nitrogens with zero attached hydrogens (tertiary/aromatic N) is 2. The minimum absolute atomic E-state index is 0.199. The molecule has 0 saturated carbocycles. The molecule has 2 aliphatic rings. The molecule has 0 spiro atoms. The molecule has 0 unspecified atom stereocenters. The van der Waals surface area contributed by atoms with Gasteiger partial charge in [-0.3, -0.25) is 14.5 Å². The van der Waals surface area contributed by atoms with E-state index in [0.717, 1.165) is 29.8 Å². The van der Waals surface area contributed by atoms with E-state index in [-0.39, 0.29) is 5.91 Å². The first-order valence-corrected chi connectivity index (χ1v) is 8.57. The molecule has 0 aliphatic carbocycles. The monoisotopic (exact) mass is 342 g/mol. The van der Waals surface area contributed by atoms with Crippen LogP contribution in [0.5, 0.6) is 0 Å². The van der Waals surface area contributed by atoms with Gasteiger partial charge in [0.05, 0.1) is 0 Å². The fourth-order valence-electron chi connectivity index (χ4n) is 3.24. The number of rotatable bonds is 4.